The van der Waals surface area contributed by atoms with E-state index in [0.717, 1.165) is 31.1 Å². The highest BCUT2D eigenvalue weighted by molar-refractivity contribution is 8.15. The molecule has 3 unspecified atom stereocenters. The second-order valence-corrected chi connectivity index (χ2v) is 8.72. The van der Waals surface area contributed by atoms with Crippen molar-refractivity contribution in [2.24, 2.45) is 17.8 Å². The fourth-order valence-electron chi connectivity index (χ4n) is 3.35. The minimum absolute atomic E-state index is 0.513. The molecule has 4 heteroatoms. The number of rotatable bonds is 3. The Morgan fingerprint density at radius 3 is 2.40 bits per heavy atom. The third-order valence-electron chi connectivity index (χ3n) is 4.64. The van der Waals surface area contributed by atoms with Crippen LogP contribution in [0.5, 0.6) is 0 Å². The van der Waals surface area contributed by atoms with E-state index in [1.54, 1.807) is 0 Å². The molecule has 0 bridgehead atoms. The van der Waals surface area contributed by atoms with E-state index in [1.165, 1.54) is 25.7 Å². The molecule has 0 radical (unpaired) electrons. The molecular formula is C11H17ClO2S. The predicted molar refractivity (Wildman–Crippen MR) is 60.3 cm³/mol. The van der Waals surface area contributed by atoms with Crippen LogP contribution in [0.1, 0.15) is 44.9 Å². The van der Waals surface area contributed by atoms with Crippen LogP contribution >= 0.6 is 10.7 Å². The van der Waals surface area contributed by atoms with Crippen LogP contribution in [0.4, 0.5) is 0 Å². The molecule has 2 nitrogen and oxygen atoms in total. The molecule has 0 amide bonds. The minimum atomic E-state index is -3.32. The first-order valence-electron chi connectivity index (χ1n) is 5.94. The van der Waals surface area contributed by atoms with Crippen LogP contribution in [0.2, 0.25) is 0 Å². The number of fused-ring (bicyclic) bond motifs is 1. The van der Waals surface area contributed by atoms with Gasteiger partial charge in [0.25, 0.3) is 0 Å². The molecular weight excluding hydrogens is 232 g/mol. The average molecular weight is 249 g/mol. The molecule has 0 spiro atoms. The van der Waals surface area contributed by atoms with E-state index in [9.17, 15) is 8.42 Å². The summed E-state index contributed by atoms with van der Waals surface area (Å²) in [5.41, 5.74) is 0. The largest absolute Gasteiger partial charge is 0.238 e. The van der Waals surface area contributed by atoms with Crippen LogP contribution < -0.4 is 0 Å². The zero-order chi connectivity index (χ0) is 10.7. The lowest BCUT2D eigenvalue weighted by Gasteiger charge is -2.24. The van der Waals surface area contributed by atoms with E-state index in [2.05, 4.69) is 0 Å². The van der Waals surface area contributed by atoms with Gasteiger partial charge in [-0.3, -0.25) is 0 Å². The fourth-order valence-corrected chi connectivity index (χ4v) is 5.02. The van der Waals surface area contributed by atoms with E-state index >= 15 is 0 Å². The molecule has 3 aliphatic carbocycles. The summed E-state index contributed by atoms with van der Waals surface area (Å²) < 4.78 is 22.4. The maximum atomic E-state index is 11.4. The minimum Gasteiger partial charge on any atom is -0.212 e. The van der Waals surface area contributed by atoms with Crippen LogP contribution in [0.25, 0.3) is 0 Å². The van der Waals surface area contributed by atoms with E-state index in [-0.39, 0.29) is 0 Å². The molecule has 3 fully saturated rings. The maximum absolute atomic E-state index is 11.4. The third kappa shape index (κ3) is 1.82. The number of hydrogen-bond donors (Lipinski definition) is 0. The van der Waals surface area contributed by atoms with Gasteiger partial charge in [0.2, 0.25) is 9.05 Å². The van der Waals surface area contributed by atoms with Crippen LogP contribution in [0.3, 0.4) is 0 Å². The SMILES string of the molecule is O=S(=O)(Cl)C1(CC2CCC3CC3C2)CC1. The Kier molecular flexibility index (Phi) is 2.17. The van der Waals surface area contributed by atoms with Crippen LogP contribution in [0, 0.1) is 17.8 Å². The van der Waals surface area contributed by atoms with Gasteiger partial charge < -0.3 is 0 Å². The van der Waals surface area contributed by atoms with Gasteiger partial charge in [0.15, 0.2) is 0 Å². The summed E-state index contributed by atoms with van der Waals surface area (Å²) in [6.45, 7) is 0. The van der Waals surface area contributed by atoms with Crippen molar-refractivity contribution < 1.29 is 8.42 Å². The quantitative estimate of drug-likeness (QED) is 0.720. The van der Waals surface area contributed by atoms with Crippen LogP contribution in [-0.2, 0) is 9.05 Å². The van der Waals surface area contributed by atoms with Gasteiger partial charge >= 0.3 is 0 Å². The Bertz CT molecular complexity index is 372. The van der Waals surface area contributed by atoms with E-state index in [1.807, 2.05) is 0 Å². The standard InChI is InChI=1S/C11H17ClO2S/c12-15(13,14)11(3-4-11)7-8-1-2-9-6-10(9)5-8/h8-10H,1-7H2. The van der Waals surface area contributed by atoms with Crippen molar-refractivity contribution in [1.82, 2.24) is 0 Å². The Hall–Kier alpha value is 0.240. The van der Waals surface area contributed by atoms with Gasteiger partial charge in [-0.05, 0) is 56.3 Å². The van der Waals surface area contributed by atoms with E-state index in [0.29, 0.717) is 5.92 Å². The zero-order valence-corrected chi connectivity index (χ0v) is 10.4. The first-order chi connectivity index (χ1) is 7.00. The summed E-state index contributed by atoms with van der Waals surface area (Å²) in [4.78, 5) is 0. The molecule has 86 valence electrons. The molecule has 0 heterocycles. The van der Waals surface area contributed by atoms with Gasteiger partial charge in [-0.15, -0.1) is 0 Å². The molecule has 3 aliphatic rings. The molecule has 0 aromatic heterocycles. The third-order valence-corrected chi connectivity index (χ3v) is 7.23. The summed E-state index contributed by atoms with van der Waals surface area (Å²) in [5.74, 6) is 2.55. The topological polar surface area (TPSA) is 34.1 Å². The van der Waals surface area contributed by atoms with Gasteiger partial charge in [0.05, 0.1) is 4.75 Å². The molecule has 15 heavy (non-hydrogen) atoms. The van der Waals surface area contributed by atoms with Gasteiger partial charge in [-0.2, -0.15) is 0 Å². The summed E-state index contributed by atoms with van der Waals surface area (Å²) >= 11 is 0. The Morgan fingerprint density at radius 2 is 1.87 bits per heavy atom. The predicted octanol–water partition coefficient (Wildman–Crippen LogP) is 2.91. The van der Waals surface area contributed by atoms with E-state index in [4.69, 9.17) is 10.7 Å². The van der Waals surface area contributed by atoms with Crippen molar-refractivity contribution in [1.29, 1.82) is 0 Å². The molecule has 3 atom stereocenters. The molecule has 0 aromatic rings. The normalized spacial score (nSPS) is 42.1. The molecule has 0 N–H and O–H groups in total. The molecule has 0 saturated heterocycles. The molecule has 3 rings (SSSR count). The second-order valence-electron chi connectivity index (χ2n) is 5.76. The highest BCUT2D eigenvalue weighted by Gasteiger charge is 2.55. The van der Waals surface area contributed by atoms with Gasteiger partial charge in [0.1, 0.15) is 0 Å². The summed E-state index contributed by atoms with van der Waals surface area (Å²) in [6.07, 6.45) is 7.65. The fraction of sp³-hybridized carbons (Fsp3) is 1.00. The Labute approximate surface area is 95.8 Å². The lowest BCUT2D eigenvalue weighted by molar-refractivity contribution is 0.317. The molecule has 0 aromatic carbocycles. The zero-order valence-electron chi connectivity index (χ0n) is 8.78. The van der Waals surface area contributed by atoms with Crippen molar-refractivity contribution in [2.75, 3.05) is 0 Å². The van der Waals surface area contributed by atoms with E-state index < -0.39 is 13.8 Å². The Morgan fingerprint density at radius 1 is 1.13 bits per heavy atom. The van der Waals surface area contributed by atoms with Gasteiger partial charge in [0, 0.05) is 10.7 Å². The lowest BCUT2D eigenvalue weighted by Crippen LogP contribution is -2.23. The monoisotopic (exact) mass is 248 g/mol. The summed E-state index contributed by atoms with van der Waals surface area (Å²) in [5, 5.41) is 0. The molecule has 0 aliphatic heterocycles. The lowest BCUT2D eigenvalue weighted by atomic mass is 9.85. The average Bonchev–Trinajstić information content (AvgIpc) is 2.94. The maximum Gasteiger partial charge on any atom is 0.238 e. The first-order valence-corrected chi connectivity index (χ1v) is 8.25. The highest BCUT2D eigenvalue weighted by atomic mass is 35.7. The Balaban J connectivity index is 1.65. The number of hydrogen-bond acceptors (Lipinski definition) is 2. The molecule has 3 saturated carbocycles. The van der Waals surface area contributed by atoms with Crippen molar-refractivity contribution in [3.8, 4) is 0 Å². The van der Waals surface area contributed by atoms with Gasteiger partial charge in [-0.25, -0.2) is 8.42 Å². The highest BCUT2D eigenvalue weighted by Crippen LogP contribution is 2.57. The van der Waals surface area contributed by atoms with Crippen molar-refractivity contribution in [2.45, 2.75) is 49.7 Å². The van der Waals surface area contributed by atoms with Crippen LogP contribution in [-0.4, -0.2) is 13.2 Å². The van der Waals surface area contributed by atoms with Crippen molar-refractivity contribution in [3.05, 3.63) is 0 Å². The number of halogens is 1. The van der Waals surface area contributed by atoms with Crippen molar-refractivity contribution >= 4 is 19.7 Å². The summed E-state index contributed by atoms with van der Waals surface area (Å²) in [6, 6.07) is 0. The van der Waals surface area contributed by atoms with Crippen LogP contribution in [0.15, 0.2) is 0 Å². The van der Waals surface area contributed by atoms with Gasteiger partial charge in [-0.1, -0.05) is 6.42 Å². The smallest absolute Gasteiger partial charge is 0.212 e. The second kappa shape index (κ2) is 3.13. The summed E-state index contributed by atoms with van der Waals surface area (Å²) in [7, 11) is 2.20. The van der Waals surface area contributed by atoms with Crippen molar-refractivity contribution in [3.63, 3.8) is 0 Å². The first kappa shape index (κ1) is 10.4.